The van der Waals surface area contributed by atoms with E-state index < -0.39 is 0 Å². The zero-order chi connectivity index (χ0) is 19.8. The molecule has 150 valence electrons. The van der Waals surface area contributed by atoms with E-state index in [1.807, 2.05) is 11.1 Å². The van der Waals surface area contributed by atoms with Crippen molar-refractivity contribution in [3.63, 3.8) is 0 Å². The van der Waals surface area contributed by atoms with Gasteiger partial charge in [0.25, 0.3) is 0 Å². The maximum atomic E-state index is 11.8. The van der Waals surface area contributed by atoms with Crippen molar-refractivity contribution >= 4 is 23.2 Å². The number of rotatable bonds is 8. The van der Waals surface area contributed by atoms with Crippen molar-refractivity contribution < 1.29 is 4.79 Å². The molecule has 1 aliphatic rings. The van der Waals surface area contributed by atoms with E-state index in [1.165, 1.54) is 16.0 Å². The molecule has 1 fully saturated rings. The largest absolute Gasteiger partial charge is 0.356 e. The maximum absolute atomic E-state index is 11.8. The molecular formula is C21H29N5OS. The van der Waals surface area contributed by atoms with Gasteiger partial charge in [-0.25, -0.2) is 4.98 Å². The van der Waals surface area contributed by atoms with Crippen LogP contribution in [0.5, 0.6) is 0 Å². The number of likely N-dealkylation sites (tertiary alicyclic amines) is 1. The molecule has 0 saturated carbocycles. The Hall–Kier alpha value is -2.41. The van der Waals surface area contributed by atoms with E-state index in [1.54, 1.807) is 18.4 Å². The predicted octanol–water partition coefficient (Wildman–Crippen LogP) is 2.74. The first-order valence-electron chi connectivity index (χ1n) is 9.91. The molecule has 1 amide bonds. The first-order valence-corrected chi connectivity index (χ1v) is 10.7. The molecule has 0 bridgehead atoms. The second kappa shape index (κ2) is 10.2. The van der Waals surface area contributed by atoms with Crippen LogP contribution in [0.1, 0.15) is 40.8 Å². The minimum atomic E-state index is 0.263. The zero-order valence-corrected chi connectivity index (χ0v) is 17.5. The van der Waals surface area contributed by atoms with Crippen LogP contribution in [-0.4, -0.2) is 41.9 Å². The summed E-state index contributed by atoms with van der Waals surface area (Å²) in [5.74, 6) is 1.05. The molecule has 28 heavy (non-hydrogen) atoms. The molecule has 2 aromatic rings. The summed E-state index contributed by atoms with van der Waals surface area (Å²) in [6.07, 6.45) is 5.56. The minimum Gasteiger partial charge on any atom is -0.356 e. The highest BCUT2D eigenvalue weighted by Crippen LogP contribution is 2.15. The molecule has 7 heteroatoms. The number of aromatic nitrogens is 1. The summed E-state index contributed by atoms with van der Waals surface area (Å²) in [6.45, 7) is 5.22. The number of hydrogen-bond donors (Lipinski definition) is 2. The van der Waals surface area contributed by atoms with Gasteiger partial charge in [0.05, 0.1) is 5.01 Å². The third-order valence-corrected chi connectivity index (χ3v) is 6.00. The van der Waals surface area contributed by atoms with E-state index in [0.717, 1.165) is 43.3 Å². The average Bonchev–Trinajstić information content (AvgIpc) is 3.34. The van der Waals surface area contributed by atoms with Crippen LogP contribution in [0.25, 0.3) is 0 Å². The lowest BCUT2D eigenvalue weighted by Gasteiger charge is -2.16. The molecule has 1 aromatic carbocycles. The van der Waals surface area contributed by atoms with E-state index in [0.29, 0.717) is 19.5 Å². The smallest absolute Gasteiger partial charge is 0.222 e. The fourth-order valence-electron chi connectivity index (χ4n) is 3.25. The Morgan fingerprint density at radius 1 is 1.32 bits per heavy atom. The summed E-state index contributed by atoms with van der Waals surface area (Å²) in [4.78, 5) is 23.8. The summed E-state index contributed by atoms with van der Waals surface area (Å²) < 4.78 is 0. The van der Waals surface area contributed by atoms with Crippen LogP contribution in [0.2, 0.25) is 0 Å². The van der Waals surface area contributed by atoms with Crippen LogP contribution < -0.4 is 10.6 Å². The van der Waals surface area contributed by atoms with Gasteiger partial charge in [-0.05, 0) is 24.0 Å². The van der Waals surface area contributed by atoms with Gasteiger partial charge in [0.1, 0.15) is 0 Å². The topological polar surface area (TPSA) is 69.6 Å². The Balaban J connectivity index is 1.45. The number of guanidine groups is 1. The maximum Gasteiger partial charge on any atom is 0.222 e. The van der Waals surface area contributed by atoms with Crippen LogP contribution in [0, 0.1) is 0 Å². The van der Waals surface area contributed by atoms with Crippen molar-refractivity contribution in [3.05, 3.63) is 51.5 Å². The van der Waals surface area contributed by atoms with Crippen molar-refractivity contribution in [1.82, 2.24) is 20.5 Å². The van der Waals surface area contributed by atoms with Crippen LogP contribution >= 0.6 is 11.3 Å². The van der Waals surface area contributed by atoms with Gasteiger partial charge < -0.3 is 15.5 Å². The van der Waals surface area contributed by atoms with Crippen molar-refractivity contribution in [3.8, 4) is 0 Å². The SMILES string of the molecule is CCc1cnc(CCNC(=NC)NCc2cccc(CN3CCCC3=O)c2)s1. The highest BCUT2D eigenvalue weighted by molar-refractivity contribution is 7.11. The molecule has 0 atom stereocenters. The van der Waals surface area contributed by atoms with Gasteiger partial charge in [0.2, 0.25) is 5.91 Å². The molecule has 1 aromatic heterocycles. The summed E-state index contributed by atoms with van der Waals surface area (Å²) in [5, 5.41) is 7.86. The van der Waals surface area contributed by atoms with Crippen LogP contribution in [0.4, 0.5) is 0 Å². The Bertz CT molecular complexity index is 817. The van der Waals surface area contributed by atoms with Crippen LogP contribution in [0.3, 0.4) is 0 Å². The number of carbonyl (C=O) groups excluding carboxylic acids is 1. The van der Waals surface area contributed by atoms with E-state index in [9.17, 15) is 4.79 Å². The molecule has 2 N–H and O–H groups in total. The Labute approximate surface area is 171 Å². The number of aliphatic imine (C=N–C) groups is 1. The minimum absolute atomic E-state index is 0.263. The standard InChI is InChI=1S/C21H29N5OS/c1-3-18-14-24-19(28-18)9-10-23-21(22-2)25-13-16-6-4-7-17(12-16)15-26-11-5-8-20(26)27/h4,6-7,12,14H,3,5,8-11,13,15H2,1-2H3,(H2,22,23,25). The van der Waals surface area contributed by atoms with Gasteiger partial charge in [-0.15, -0.1) is 11.3 Å². The van der Waals surface area contributed by atoms with E-state index in [-0.39, 0.29) is 5.91 Å². The zero-order valence-electron chi connectivity index (χ0n) is 16.7. The van der Waals surface area contributed by atoms with Gasteiger partial charge >= 0.3 is 0 Å². The quantitative estimate of drug-likeness (QED) is 0.529. The van der Waals surface area contributed by atoms with Crippen molar-refractivity contribution in [2.45, 2.75) is 45.7 Å². The predicted molar refractivity (Wildman–Crippen MR) is 114 cm³/mol. The molecule has 1 saturated heterocycles. The van der Waals surface area contributed by atoms with Gasteiger partial charge in [-0.1, -0.05) is 31.2 Å². The summed E-state index contributed by atoms with van der Waals surface area (Å²) in [5.41, 5.74) is 2.35. The fraction of sp³-hybridized carbons (Fsp3) is 0.476. The normalized spacial score (nSPS) is 14.6. The molecule has 2 heterocycles. The van der Waals surface area contributed by atoms with E-state index in [4.69, 9.17) is 0 Å². The summed E-state index contributed by atoms with van der Waals surface area (Å²) >= 11 is 1.78. The highest BCUT2D eigenvalue weighted by Gasteiger charge is 2.19. The number of aryl methyl sites for hydroxylation is 1. The van der Waals surface area contributed by atoms with E-state index in [2.05, 4.69) is 51.8 Å². The number of carbonyl (C=O) groups is 1. The van der Waals surface area contributed by atoms with Gasteiger partial charge in [0.15, 0.2) is 5.96 Å². The number of nitrogens with zero attached hydrogens (tertiary/aromatic N) is 3. The van der Waals surface area contributed by atoms with E-state index >= 15 is 0 Å². The fourth-order valence-corrected chi connectivity index (χ4v) is 4.11. The summed E-state index contributed by atoms with van der Waals surface area (Å²) in [6, 6.07) is 8.39. The van der Waals surface area contributed by atoms with Crippen molar-refractivity contribution in [2.24, 2.45) is 4.99 Å². The Morgan fingerprint density at radius 2 is 2.18 bits per heavy atom. The molecule has 6 nitrogen and oxygen atoms in total. The monoisotopic (exact) mass is 399 g/mol. The molecule has 0 aliphatic carbocycles. The number of benzene rings is 1. The first-order chi connectivity index (χ1) is 13.7. The third-order valence-electron chi connectivity index (χ3n) is 4.80. The van der Waals surface area contributed by atoms with Crippen molar-refractivity contribution in [2.75, 3.05) is 20.1 Å². The van der Waals surface area contributed by atoms with Crippen molar-refractivity contribution in [1.29, 1.82) is 0 Å². The van der Waals surface area contributed by atoms with Gasteiger partial charge in [-0.3, -0.25) is 9.79 Å². The average molecular weight is 400 g/mol. The molecule has 0 spiro atoms. The molecule has 1 aliphatic heterocycles. The highest BCUT2D eigenvalue weighted by atomic mass is 32.1. The molecular weight excluding hydrogens is 370 g/mol. The number of hydrogen-bond acceptors (Lipinski definition) is 4. The second-order valence-electron chi connectivity index (χ2n) is 6.92. The lowest BCUT2D eigenvalue weighted by Crippen LogP contribution is -2.37. The lowest BCUT2D eigenvalue weighted by atomic mass is 10.1. The lowest BCUT2D eigenvalue weighted by molar-refractivity contribution is -0.128. The number of amides is 1. The molecule has 0 radical (unpaired) electrons. The second-order valence-corrected chi connectivity index (χ2v) is 8.11. The molecule has 3 rings (SSSR count). The van der Waals surface area contributed by atoms with Crippen LogP contribution in [-0.2, 0) is 30.7 Å². The molecule has 0 unspecified atom stereocenters. The van der Waals surface area contributed by atoms with Crippen LogP contribution in [0.15, 0.2) is 35.5 Å². The van der Waals surface area contributed by atoms with Gasteiger partial charge in [-0.2, -0.15) is 0 Å². The van der Waals surface area contributed by atoms with Gasteiger partial charge in [0, 0.05) is 57.1 Å². The first kappa shape index (κ1) is 20.3. The Morgan fingerprint density at radius 3 is 2.89 bits per heavy atom. The third kappa shape index (κ3) is 5.79. The number of thiazole rings is 1. The Kier molecular flexibility index (Phi) is 7.42. The number of nitrogens with one attached hydrogen (secondary N) is 2. The summed E-state index contributed by atoms with van der Waals surface area (Å²) in [7, 11) is 1.78.